The molecule has 0 spiro atoms. The van der Waals surface area contributed by atoms with Gasteiger partial charge in [-0.3, -0.25) is 0 Å². The molecule has 3 aromatic rings. The summed E-state index contributed by atoms with van der Waals surface area (Å²) in [7, 11) is 0. The minimum Gasteiger partial charge on any atom is -0.508 e. The highest BCUT2D eigenvalue weighted by molar-refractivity contribution is 5.85. The molecule has 0 amide bonds. The Hall–Kier alpha value is -2.62. The topological polar surface area (TPSA) is 55.2 Å². The molecule has 0 saturated heterocycles. The lowest BCUT2D eigenvalue weighted by Crippen LogP contribution is -1.92. The zero-order chi connectivity index (χ0) is 13.9. The van der Waals surface area contributed by atoms with E-state index in [0.717, 1.165) is 17.5 Å². The van der Waals surface area contributed by atoms with Crippen molar-refractivity contribution in [3.63, 3.8) is 0 Å². The fraction of sp³-hybridized carbons (Fsp3) is 0.125. The number of aromatic hydroxyl groups is 1. The Balaban J connectivity index is 2.09. The Labute approximate surface area is 116 Å². The van der Waals surface area contributed by atoms with Crippen molar-refractivity contribution in [2.45, 2.75) is 13.3 Å². The van der Waals surface area contributed by atoms with E-state index in [9.17, 15) is 5.11 Å². The van der Waals surface area contributed by atoms with E-state index in [0.29, 0.717) is 17.0 Å². The second-order valence-corrected chi connectivity index (χ2v) is 4.45. The predicted octanol–water partition coefficient (Wildman–Crippen LogP) is 3.69. The second-order valence-electron chi connectivity index (χ2n) is 4.45. The van der Waals surface area contributed by atoms with Crippen LogP contribution in [0.5, 0.6) is 17.4 Å². The zero-order valence-corrected chi connectivity index (χ0v) is 11.1. The van der Waals surface area contributed by atoms with Crippen LogP contribution in [0.25, 0.3) is 10.9 Å². The zero-order valence-electron chi connectivity index (χ0n) is 11.1. The Morgan fingerprint density at radius 3 is 2.65 bits per heavy atom. The quantitative estimate of drug-likeness (QED) is 0.785. The number of rotatable bonds is 3. The van der Waals surface area contributed by atoms with Gasteiger partial charge in [-0.05, 0) is 36.2 Å². The number of phenols is 1. The molecule has 0 unspecified atom stereocenters. The van der Waals surface area contributed by atoms with Crippen LogP contribution in [0.15, 0.2) is 48.8 Å². The van der Waals surface area contributed by atoms with Crippen molar-refractivity contribution in [2.75, 3.05) is 0 Å². The smallest absolute Gasteiger partial charge is 0.230 e. The molecule has 0 radical (unpaired) electrons. The number of phenolic OH excluding ortho intramolecular Hbond substituents is 1. The van der Waals surface area contributed by atoms with Gasteiger partial charge in [-0.2, -0.15) is 0 Å². The maximum absolute atomic E-state index is 9.99. The fourth-order valence-corrected chi connectivity index (χ4v) is 2.08. The number of aromatic nitrogens is 2. The molecule has 100 valence electrons. The molecule has 0 aliphatic rings. The fourth-order valence-electron chi connectivity index (χ4n) is 2.08. The van der Waals surface area contributed by atoms with Gasteiger partial charge in [0, 0.05) is 0 Å². The molecule has 0 bridgehead atoms. The van der Waals surface area contributed by atoms with Gasteiger partial charge in [-0.1, -0.05) is 25.1 Å². The largest absolute Gasteiger partial charge is 0.508 e. The number of hydrogen-bond acceptors (Lipinski definition) is 4. The number of para-hydroxylation sites is 1. The van der Waals surface area contributed by atoms with Gasteiger partial charge >= 0.3 is 0 Å². The van der Waals surface area contributed by atoms with Crippen molar-refractivity contribution in [3.8, 4) is 17.4 Å². The van der Waals surface area contributed by atoms with Gasteiger partial charge in [0.1, 0.15) is 17.8 Å². The molecule has 1 heterocycles. The third-order valence-corrected chi connectivity index (χ3v) is 3.14. The molecule has 4 nitrogen and oxygen atoms in total. The molecule has 1 aromatic heterocycles. The molecule has 0 atom stereocenters. The van der Waals surface area contributed by atoms with Crippen molar-refractivity contribution >= 4 is 10.9 Å². The van der Waals surface area contributed by atoms with E-state index in [1.165, 1.54) is 6.33 Å². The SMILES string of the molecule is CCc1cc2ncnc(Oc3ccccc3)c2cc1O. The molecule has 0 aliphatic carbocycles. The van der Waals surface area contributed by atoms with Crippen molar-refractivity contribution < 1.29 is 9.84 Å². The van der Waals surface area contributed by atoms with Crippen LogP contribution in [-0.4, -0.2) is 15.1 Å². The molecule has 1 N–H and O–H groups in total. The van der Waals surface area contributed by atoms with Crippen molar-refractivity contribution in [3.05, 3.63) is 54.4 Å². The number of nitrogens with zero attached hydrogens (tertiary/aromatic N) is 2. The molecule has 0 saturated carbocycles. The Morgan fingerprint density at radius 2 is 1.90 bits per heavy atom. The summed E-state index contributed by atoms with van der Waals surface area (Å²) >= 11 is 0. The van der Waals surface area contributed by atoms with Gasteiger partial charge in [-0.25, -0.2) is 9.97 Å². The molecular formula is C16H14N2O2. The molecule has 4 heteroatoms. The first-order chi connectivity index (χ1) is 9.78. The third kappa shape index (κ3) is 2.28. The summed E-state index contributed by atoms with van der Waals surface area (Å²) in [5.74, 6) is 1.39. The summed E-state index contributed by atoms with van der Waals surface area (Å²) in [6.07, 6.45) is 2.22. The summed E-state index contributed by atoms with van der Waals surface area (Å²) in [5.41, 5.74) is 1.63. The maximum atomic E-state index is 9.99. The summed E-state index contributed by atoms with van der Waals surface area (Å²) in [4.78, 5) is 8.39. The lowest BCUT2D eigenvalue weighted by molar-refractivity contribution is 0.462. The Bertz CT molecular complexity index is 742. The molecule has 2 aromatic carbocycles. The van der Waals surface area contributed by atoms with Crippen LogP contribution >= 0.6 is 0 Å². The number of aryl methyl sites for hydroxylation is 1. The average molecular weight is 266 g/mol. The van der Waals surface area contributed by atoms with Crippen molar-refractivity contribution in [1.82, 2.24) is 9.97 Å². The van der Waals surface area contributed by atoms with E-state index in [2.05, 4.69) is 9.97 Å². The van der Waals surface area contributed by atoms with Crippen molar-refractivity contribution in [2.24, 2.45) is 0 Å². The number of fused-ring (bicyclic) bond motifs is 1. The van der Waals surface area contributed by atoms with E-state index in [1.54, 1.807) is 6.07 Å². The molecule has 3 rings (SSSR count). The third-order valence-electron chi connectivity index (χ3n) is 3.14. The van der Waals surface area contributed by atoms with Gasteiger partial charge in [0.2, 0.25) is 5.88 Å². The second kappa shape index (κ2) is 5.17. The van der Waals surface area contributed by atoms with Gasteiger partial charge in [0.05, 0.1) is 10.9 Å². The van der Waals surface area contributed by atoms with Crippen LogP contribution in [0, 0.1) is 0 Å². The van der Waals surface area contributed by atoms with E-state index in [-0.39, 0.29) is 5.75 Å². The minimum absolute atomic E-state index is 0.243. The standard InChI is InChI=1S/C16H14N2O2/c1-2-11-8-14-13(9-15(11)19)16(18-10-17-14)20-12-6-4-3-5-7-12/h3-10,19H,2H2,1H3. The highest BCUT2D eigenvalue weighted by atomic mass is 16.5. The highest BCUT2D eigenvalue weighted by Gasteiger charge is 2.10. The lowest BCUT2D eigenvalue weighted by Gasteiger charge is -2.09. The lowest BCUT2D eigenvalue weighted by atomic mass is 10.1. The summed E-state index contributed by atoms with van der Waals surface area (Å²) in [6, 6.07) is 12.9. The number of hydrogen-bond donors (Lipinski definition) is 1. The monoisotopic (exact) mass is 266 g/mol. The maximum Gasteiger partial charge on any atom is 0.230 e. The normalized spacial score (nSPS) is 10.7. The van der Waals surface area contributed by atoms with E-state index in [1.807, 2.05) is 43.3 Å². The summed E-state index contributed by atoms with van der Waals surface area (Å²) in [6.45, 7) is 1.99. The first kappa shape index (κ1) is 12.4. The molecule has 0 fully saturated rings. The summed E-state index contributed by atoms with van der Waals surface area (Å²) in [5, 5.41) is 10.7. The van der Waals surface area contributed by atoms with Crippen molar-refractivity contribution in [1.29, 1.82) is 0 Å². The van der Waals surface area contributed by atoms with Gasteiger partial charge in [0.25, 0.3) is 0 Å². The van der Waals surface area contributed by atoms with E-state index in [4.69, 9.17) is 4.74 Å². The minimum atomic E-state index is 0.243. The van der Waals surface area contributed by atoms with E-state index < -0.39 is 0 Å². The molecular weight excluding hydrogens is 252 g/mol. The first-order valence-corrected chi connectivity index (χ1v) is 6.47. The van der Waals surface area contributed by atoms with E-state index >= 15 is 0 Å². The molecule has 0 aliphatic heterocycles. The van der Waals surface area contributed by atoms with Gasteiger partial charge < -0.3 is 9.84 Å². The average Bonchev–Trinajstić information content (AvgIpc) is 2.48. The van der Waals surface area contributed by atoms with Crippen LogP contribution < -0.4 is 4.74 Å². The Kier molecular flexibility index (Phi) is 3.21. The van der Waals surface area contributed by atoms with Crippen LogP contribution in [0.1, 0.15) is 12.5 Å². The first-order valence-electron chi connectivity index (χ1n) is 6.47. The molecule has 20 heavy (non-hydrogen) atoms. The van der Waals surface area contributed by atoms with Gasteiger partial charge in [-0.15, -0.1) is 0 Å². The predicted molar refractivity (Wildman–Crippen MR) is 77.1 cm³/mol. The van der Waals surface area contributed by atoms with Crippen LogP contribution in [-0.2, 0) is 6.42 Å². The van der Waals surface area contributed by atoms with Crippen LogP contribution in [0.4, 0.5) is 0 Å². The Morgan fingerprint density at radius 1 is 1.10 bits per heavy atom. The van der Waals surface area contributed by atoms with Crippen LogP contribution in [0.2, 0.25) is 0 Å². The number of benzene rings is 2. The van der Waals surface area contributed by atoms with Gasteiger partial charge in [0.15, 0.2) is 0 Å². The summed E-state index contributed by atoms with van der Waals surface area (Å²) < 4.78 is 5.76. The highest BCUT2D eigenvalue weighted by Crippen LogP contribution is 2.31. The number of ether oxygens (including phenoxy) is 1. The van der Waals surface area contributed by atoms with Crippen LogP contribution in [0.3, 0.4) is 0 Å².